The Hall–Kier alpha value is -3.32. The van der Waals surface area contributed by atoms with Crippen molar-refractivity contribution in [2.75, 3.05) is 32.0 Å². The Kier molecular flexibility index (Phi) is 4.99. The molecule has 0 radical (unpaired) electrons. The highest BCUT2D eigenvalue weighted by molar-refractivity contribution is 5.94. The van der Waals surface area contributed by atoms with E-state index in [9.17, 15) is 4.79 Å². The molecule has 3 heterocycles. The summed E-state index contributed by atoms with van der Waals surface area (Å²) in [4.78, 5) is 27.6. The lowest BCUT2D eigenvalue weighted by molar-refractivity contribution is 0.0303. The summed E-state index contributed by atoms with van der Waals surface area (Å²) < 4.78 is 5.30. The second kappa shape index (κ2) is 7.74. The molecule has 0 atom stereocenters. The van der Waals surface area contributed by atoms with Gasteiger partial charge in [0.05, 0.1) is 25.1 Å². The van der Waals surface area contributed by atoms with Gasteiger partial charge in [-0.3, -0.25) is 9.78 Å². The number of hydrogen-bond acceptors (Lipinski definition) is 6. The van der Waals surface area contributed by atoms with Crippen LogP contribution < -0.4 is 5.73 Å². The average molecular weight is 375 g/mol. The van der Waals surface area contributed by atoms with Crippen LogP contribution in [0.1, 0.15) is 16.1 Å². The first kappa shape index (κ1) is 18.1. The number of carbonyl (C=O) groups excluding carboxylic acids is 1. The monoisotopic (exact) mass is 375 g/mol. The third-order valence-electron chi connectivity index (χ3n) is 4.71. The van der Waals surface area contributed by atoms with E-state index in [1.54, 1.807) is 12.4 Å². The van der Waals surface area contributed by atoms with Crippen LogP contribution in [0.25, 0.3) is 22.5 Å². The summed E-state index contributed by atoms with van der Waals surface area (Å²) in [7, 11) is 0. The molecule has 1 saturated heterocycles. The Morgan fingerprint density at radius 3 is 2.39 bits per heavy atom. The second-order valence-electron chi connectivity index (χ2n) is 6.66. The number of hydrogen-bond donors (Lipinski definition) is 1. The largest absolute Gasteiger partial charge is 0.382 e. The molecule has 7 heteroatoms. The molecule has 1 aromatic carbocycles. The van der Waals surface area contributed by atoms with Gasteiger partial charge in [0.1, 0.15) is 11.5 Å². The van der Waals surface area contributed by atoms with Crippen molar-refractivity contribution in [1.29, 1.82) is 0 Å². The molecule has 1 amide bonds. The SMILES string of the molecule is Cc1ccc(-c2nc(-c3ccc(C(=O)N4CCOCC4)cc3)cnc2N)cn1. The molecule has 0 unspecified atom stereocenters. The van der Waals surface area contributed by atoms with Gasteiger partial charge in [0.25, 0.3) is 5.91 Å². The topological polar surface area (TPSA) is 94.2 Å². The molecule has 0 bridgehead atoms. The Bertz CT molecular complexity index is 981. The summed E-state index contributed by atoms with van der Waals surface area (Å²) in [6, 6.07) is 11.2. The van der Waals surface area contributed by atoms with E-state index in [1.165, 1.54) is 0 Å². The number of amides is 1. The number of nitrogens with two attached hydrogens (primary N) is 1. The zero-order valence-electron chi connectivity index (χ0n) is 15.6. The maximum atomic E-state index is 12.6. The average Bonchev–Trinajstić information content (AvgIpc) is 2.75. The highest BCUT2D eigenvalue weighted by atomic mass is 16.5. The third kappa shape index (κ3) is 3.70. The van der Waals surface area contributed by atoms with Crippen molar-refractivity contribution in [3.05, 3.63) is 60.0 Å². The van der Waals surface area contributed by atoms with Crippen LogP contribution in [0.2, 0.25) is 0 Å². The number of nitrogen functional groups attached to an aromatic ring is 1. The first-order valence-electron chi connectivity index (χ1n) is 9.15. The van der Waals surface area contributed by atoms with Gasteiger partial charge in [0.2, 0.25) is 0 Å². The molecule has 1 fully saturated rings. The van der Waals surface area contributed by atoms with Crippen molar-refractivity contribution in [3.63, 3.8) is 0 Å². The van der Waals surface area contributed by atoms with Gasteiger partial charge in [-0.1, -0.05) is 12.1 Å². The molecule has 1 aliphatic rings. The minimum absolute atomic E-state index is 0.0182. The highest BCUT2D eigenvalue weighted by Crippen LogP contribution is 2.26. The predicted molar refractivity (Wildman–Crippen MR) is 107 cm³/mol. The van der Waals surface area contributed by atoms with E-state index >= 15 is 0 Å². The van der Waals surface area contributed by atoms with Gasteiger partial charge in [-0.2, -0.15) is 0 Å². The smallest absolute Gasteiger partial charge is 0.254 e. The van der Waals surface area contributed by atoms with E-state index < -0.39 is 0 Å². The number of ether oxygens (including phenoxy) is 1. The Morgan fingerprint density at radius 2 is 1.71 bits per heavy atom. The van der Waals surface area contributed by atoms with E-state index in [1.807, 2.05) is 48.2 Å². The zero-order valence-corrected chi connectivity index (χ0v) is 15.6. The maximum absolute atomic E-state index is 12.6. The standard InChI is InChI=1S/C21H21N5O2/c1-14-2-3-17(12-23-14)19-20(22)24-13-18(25-19)15-4-6-16(7-5-15)21(27)26-8-10-28-11-9-26/h2-7,12-13H,8-11H2,1H3,(H2,22,24). The number of aromatic nitrogens is 3. The van der Waals surface area contributed by atoms with Crippen LogP contribution in [0.5, 0.6) is 0 Å². The number of carbonyl (C=O) groups is 1. The van der Waals surface area contributed by atoms with Gasteiger partial charge in [-0.25, -0.2) is 9.97 Å². The van der Waals surface area contributed by atoms with Gasteiger partial charge < -0.3 is 15.4 Å². The van der Waals surface area contributed by atoms with E-state index in [-0.39, 0.29) is 5.91 Å². The lowest BCUT2D eigenvalue weighted by Gasteiger charge is -2.26. The van der Waals surface area contributed by atoms with Crippen molar-refractivity contribution in [3.8, 4) is 22.5 Å². The number of rotatable bonds is 3. The first-order valence-corrected chi connectivity index (χ1v) is 9.15. The molecule has 2 N–H and O–H groups in total. The molecule has 3 aromatic rings. The van der Waals surface area contributed by atoms with Gasteiger partial charge >= 0.3 is 0 Å². The van der Waals surface area contributed by atoms with E-state index in [4.69, 9.17) is 10.5 Å². The van der Waals surface area contributed by atoms with E-state index in [0.29, 0.717) is 49.1 Å². The van der Waals surface area contributed by atoms with Crippen LogP contribution in [-0.2, 0) is 4.74 Å². The number of benzene rings is 1. The third-order valence-corrected chi connectivity index (χ3v) is 4.71. The molecule has 0 aliphatic carbocycles. The summed E-state index contributed by atoms with van der Waals surface area (Å²) in [5.41, 5.74) is 10.6. The lowest BCUT2D eigenvalue weighted by atomic mass is 10.1. The molecule has 28 heavy (non-hydrogen) atoms. The zero-order chi connectivity index (χ0) is 19.5. The summed E-state index contributed by atoms with van der Waals surface area (Å²) in [5, 5.41) is 0. The molecular weight excluding hydrogens is 354 g/mol. The van der Waals surface area contributed by atoms with Crippen molar-refractivity contribution < 1.29 is 9.53 Å². The summed E-state index contributed by atoms with van der Waals surface area (Å²) in [6.45, 7) is 4.34. The quantitative estimate of drug-likeness (QED) is 0.756. The van der Waals surface area contributed by atoms with Crippen LogP contribution in [0.15, 0.2) is 48.8 Å². The van der Waals surface area contributed by atoms with Crippen molar-refractivity contribution in [2.45, 2.75) is 6.92 Å². The number of anilines is 1. The maximum Gasteiger partial charge on any atom is 0.254 e. The molecule has 142 valence electrons. The van der Waals surface area contributed by atoms with Crippen molar-refractivity contribution >= 4 is 11.7 Å². The minimum atomic E-state index is 0.0182. The number of aryl methyl sites for hydroxylation is 1. The van der Waals surface area contributed by atoms with Crippen LogP contribution in [0.4, 0.5) is 5.82 Å². The van der Waals surface area contributed by atoms with Gasteiger partial charge in [0.15, 0.2) is 0 Å². The Balaban J connectivity index is 1.60. The van der Waals surface area contributed by atoms with Crippen LogP contribution >= 0.6 is 0 Å². The second-order valence-corrected chi connectivity index (χ2v) is 6.66. The molecule has 0 saturated carbocycles. The minimum Gasteiger partial charge on any atom is -0.382 e. The highest BCUT2D eigenvalue weighted by Gasteiger charge is 2.18. The van der Waals surface area contributed by atoms with Crippen molar-refractivity contribution in [2.24, 2.45) is 0 Å². The Morgan fingerprint density at radius 1 is 1.00 bits per heavy atom. The fourth-order valence-electron chi connectivity index (χ4n) is 3.09. The van der Waals surface area contributed by atoms with Gasteiger partial charge in [-0.05, 0) is 31.2 Å². The van der Waals surface area contributed by atoms with Crippen molar-refractivity contribution in [1.82, 2.24) is 19.9 Å². The summed E-state index contributed by atoms with van der Waals surface area (Å²) >= 11 is 0. The van der Waals surface area contributed by atoms with Crippen LogP contribution in [-0.4, -0.2) is 52.1 Å². The molecule has 0 spiro atoms. The van der Waals surface area contributed by atoms with Crippen LogP contribution in [0, 0.1) is 6.92 Å². The number of nitrogens with zero attached hydrogens (tertiary/aromatic N) is 4. The molecule has 1 aliphatic heterocycles. The van der Waals surface area contributed by atoms with E-state index in [2.05, 4.69) is 15.0 Å². The fraction of sp³-hybridized carbons (Fsp3) is 0.238. The molecule has 7 nitrogen and oxygen atoms in total. The molecule has 4 rings (SSSR count). The predicted octanol–water partition coefficient (Wildman–Crippen LogP) is 2.57. The Labute approximate surface area is 163 Å². The van der Waals surface area contributed by atoms with Crippen LogP contribution in [0.3, 0.4) is 0 Å². The van der Waals surface area contributed by atoms with Gasteiger partial charge in [-0.15, -0.1) is 0 Å². The van der Waals surface area contributed by atoms with Gasteiger partial charge in [0, 0.05) is 41.7 Å². The first-order chi connectivity index (χ1) is 13.6. The number of pyridine rings is 1. The molecular formula is C21H21N5O2. The fourth-order valence-corrected chi connectivity index (χ4v) is 3.09. The lowest BCUT2D eigenvalue weighted by Crippen LogP contribution is -2.40. The van der Waals surface area contributed by atoms with E-state index in [0.717, 1.165) is 16.8 Å². The summed E-state index contributed by atoms with van der Waals surface area (Å²) in [5.74, 6) is 0.373. The normalized spacial score (nSPS) is 14.1. The molecule has 2 aromatic heterocycles. The number of morpholine rings is 1. The summed E-state index contributed by atoms with van der Waals surface area (Å²) in [6.07, 6.45) is 3.38.